The molecule has 0 aromatic heterocycles. The highest BCUT2D eigenvalue weighted by atomic mass is 16.5. The lowest BCUT2D eigenvalue weighted by Gasteiger charge is -2.47. The molecule has 1 aromatic carbocycles. The molecule has 8 nitrogen and oxygen atoms in total. The molecule has 1 fully saturated rings. The number of likely N-dealkylation sites (tertiary alicyclic amines) is 1. The number of rotatable bonds is 5. The fraction of sp³-hybridized carbons (Fsp3) is 0.500. The number of hydrogen-bond acceptors (Lipinski definition) is 7. The van der Waals surface area contributed by atoms with Gasteiger partial charge in [-0.15, -0.1) is 0 Å². The van der Waals surface area contributed by atoms with Gasteiger partial charge in [0.25, 0.3) is 5.91 Å². The lowest BCUT2D eigenvalue weighted by atomic mass is 9.92. The third kappa shape index (κ3) is 3.28. The van der Waals surface area contributed by atoms with Crippen molar-refractivity contribution in [3.63, 3.8) is 0 Å². The van der Waals surface area contributed by atoms with E-state index < -0.39 is 0 Å². The van der Waals surface area contributed by atoms with Crippen molar-refractivity contribution in [2.24, 2.45) is 5.10 Å². The lowest BCUT2D eigenvalue weighted by molar-refractivity contribution is -0.122. The summed E-state index contributed by atoms with van der Waals surface area (Å²) in [5, 5.41) is 7.84. The number of carbonyl (C=O) groups excluding carboxylic acids is 1. The van der Waals surface area contributed by atoms with Crippen molar-refractivity contribution in [3.05, 3.63) is 24.0 Å². The molecule has 0 aliphatic carbocycles. The topological polar surface area (TPSA) is 78.4 Å². The molecule has 8 heteroatoms. The molecule has 0 saturated carbocycles. The van der Waals surface area contributed by atoms with Crippen LogP contribution in [0.3, 0.4) is 0 Å². The van der Waals surface area contributed by atoms with Crippen molar-refractivity contribution in [2.45, 2.75) is 32.4 Å². The Labute approximate surface area is 165 Å². The van der Waals surface area contributed by atoms with Gasteiger partial charge in [0.1, 0.15) is 18.4 Å². The van der Waals surface area contributed by atoms with Crippen LogP contribution in [0.4, 0.5) is 11.4 Å². The Bertz CT molecular complexity index is 844. The second-order valence-electron chi connectivity index (χ2n) is 7.86. The second-order valence-corrected chi connectivity index (χ2v) is 7.86. The van der Waals surface area contributed by atoms with Crippen LogP contribution in [0, 0.1) is 0 Å². The van der Waals surface area contributed by atoms with Gasteiger partial charge in [0.2, 0.25) is 0 Å². The summed E-state index contributed by atoms with van der Waals surface area (Å²) in [6, 6.07) is 3.70. The Kier molecular flexibility index (Phi) is 4.66. The Hall–Kier alpha value is -2.74. The number of anilines is 2. The molecule has 0 radical (unpaired) electrons. The van der Waals surface area contributed by atoms with Crippen molar-refractivity contribution in [3.8, 4) is 5.75 Å². The van der Waals surface area contributed by atoms with Gasteiger partial charge in [0.05, 0.1) is 24.1 Å². The van der Waals surface area contributed by atoms with Crippen LogP contribution in [-0.4, -0.2) is 61.6 Å². The summed E-state index contributed by atoms with van der Waals surface area (Å²) in [6.07, 6.45) is 3.64. The smallest absolute Gasteiger partial charge is 0.262 e. The van der Waals surface area contributed by atoms with Crippen LogP contribution in [0.15, 0.2) is 23.5 Å². The molecular formula is C20H27N5O3. The fourth-order valence-corrected chi connectivity index (χ4v) is 4.10. The molecule has 4 rings (SSSR count). The molecule has 3 heterocycles. The van der Waals surface area contributed by atoms with Crippen molar-refractivity contribution in [1.82, 2.24) is 10.3 Å². The van der Waals surface area contributed by atoms with Crippen molar-refractivity contribution >= 4 is 29.2 Å². The minimum absolute atomic E-state index is 0.00543. The standard InChI is InChI=1S/C20H27N5O3/c1-5-27-7-6-14-8-17-16(9-15(14)21-20(3)11-24(4)12-20)25-13(2)19(26)23-22-18(25)10-28-17/h6-9,13,21H,5,10-12H2,1-4H3,(H,23,26)/b7-6+/t13-/m1/s1. The summed E-state index contributed by atoms with van der Waals surface area (Å²) in [7, 11) is 2.11. The van der Waals surface area contributed by atoms with Crippen molar-refractivity contribution in [1.29, 1.82) is 0 Å². The van der Waals surface area contributed by atoms with Gasteiger partial charge in [0, 0.05) is 24.3 Å². The molecule has 0 spiro atoms. The van der Waals surface area contributed by atoms with Crippen LogP contribution in [0.25, 0.3) is 6.08 Å². The number of amides is 1. The van der Waals surface area contributed by atoms with Crippen LogP contribution in [0.5, 0.6) is 5.75 Å². The first-order valence-electron chi connectivity index (χ1n) is 9.61. The van der Waals surface area contributed by atoms with E-state index in [1.54, 1.807) is 6.26 Å². The van der Waals surface area contributed by atoms with Crippen LogP contribution >= 0.6 is 0 Å². The van der Waals surface area contributed by atoms with Gasteiger partial charge in [-0.1, -0.05) is 0 Å². The minimum atomic E-state index is -0.349. The molecule has 1 aromatic rings. The summed E-state index contributed by atoms with van der Waals surface area (Å²) in [6.45, 7) is 8.90. The average Bonchev–Trinajstić information content (AvgIpc) is 2.63. The number of hydrogen-bond donors (Lipinski definition) is 2. The molecule has 150 valence electrons. The number of likely N-dealkylation sites (N-methyl/N-ethyl adjacent to an activating group) is 1. The summed E-state index contributed by atoms with van der Waals surface area (Å²) < 4.78 is 11.3. The van der Waals surface area contributed by atoms with E-state index in [-0.39, 0.29) is 17.5 Å². The van der Waals surface area contributed by atoms with Gasteiger partial charge in [-0.2, -0.15) is 5.10 Å². The number of nitrogens with zero attached hydrogens (tertiary/aromatic N) is 3. The normalized spacial score (nSPS) is 23.1. The monoisotopic (exact) mass is 385 g/mol. The molecule has 1 amide bonds. The predicted molar refractivity (Wildman–Crippen MR) is 110 cm³/mol. The van der Waals surface area contributed by atoms with Crippen LogP contribution in [0.1, 0.15) is 26.3 Å². The molecule has 3 aliphatic heterocycles. The number of nitrogens with one attached hydrogen (secondary N) is 2. The number of carbonyl (C=O) groups is 1. The summed E-state index contributed by atoms with van der Waals surface area (Å²) in [4.78, 5) is 16.4. The zero-order valence-electron chi connectivity index (χ0n) is 16.8. The maximum atomic E-state index is 12.2. The third-order valence-corrected chi connectivity index (χ3v) is 5.27. The Morgan fingerprint density at radius 1 is 1.46 bits per heavy atom. The second kappa shape index (κ2) is 7.01. The highest BCUT2D eigenvalue weighted by Crippen LogP contribution is 2.40. The number of benzene rings is 1. The van der Waals surface area contributed by atoms with Crippen LogP contribution < -0.4 is 20.4 Å². The minimum Gasteiger partial charge on any atom is -0.501 e. The van der Waals surface area contributed by atoms with Crippen LogP contribution in [0.2, 0.25) is 0 Å². The van der Waals surface area contributed by atoms with Gasteiger partial charge < -0.3 is 24.6 Å². The van der Waals surface area contributed by atoms with E-state index in [2.05, 4.69) is 34.7 Å². The zero-order valence-corrected chi connectivity index (χ0v) is 16.8. The largest absolute Gasteiger partial charge is 0.501 e. The molecule has 1 atom stereocenters. The number of hydrazone groups is 1. The van der Waals surface area contributed by atoms with Gasteiger partial charge >= 0.3 is 0 Å². The Balaban J connectivity index is 1.74. The van der Waals surface area contributed by atoms with Crippen molar-refractivity contribution < 1.29 is 14.3 Å². The number of amidine groups is 1. The fourth-order valence-electron chi connectivity index (χ4n) is 4.10. The van der Waals surface area contributed by atoms with Crippen molar-refractivity contribution in [2.75, 3.05) is 43.6 Å². The predicted octanol–water partition coefficient (Wildman–Crippen LogP) is 1.84. The zero-order chi connectivity index (χ0) is 19.9. The first kappa shape index (κ1) is 18.6. The van der Waals surface area contributed by atoms with E-state index in [0.717, 1.165) is 35.8 Å². The maximum Gasteiger partial charge on any atom is 0.262 e. The Morgan fingerprint density at radius 3 is 2.96 bits per heavy atom. The van der Waals surface area contributed by atoms with Gasteiger partial charge in [-0.3, -0.25) is 4.79 Å². The van der Waals surface area contributed by atoms with E-state index in [1.165, 1.54) is 0 Å². The number of ether oxygens (including phenoxy) is 2. The quantitative estimate of drug-likeness (QED) is 0.753. The molecule has 1 saturated heterocycles. The highest BCUT2D eigenvalue weighted by Gasteiger charge is 2.38. The molecule has 2 N–H and O–H groups in total. The van der Waals surface area contributed by atoms with E-state index in [1.807, 2.05) is 37.0 Å². The van der Waals surface area contributed by atoms with Gasteiger partial charge in [-0.05, 0) is 46.0 Å². The van der Waals surface area contributed by atoms with E-state index in [4.69, 9.17) is 9.47 Å². The van der Waals surface area contributed by atoms with E-state index in [9.17, 15) is 4.79 Å². The van der Waals surface area contributed by atoms with Crippen LogP contribution in [-0.2, 0) is 9.53 Å². The Morgan fingerprint density at radius 2 is 2.25 bits per heavy atom. The summed E-state index contributed by atoms with van der Waals surface area (Å²) >= 11 is 0. The average molecular weight is 385 g/mol. The summed E-state index contributed by atoms with van der Waals surface area (Å²) in [5.74, 6) is 1.31. The maximum absolute atomic E-state index is 12.2. The number of fused-ring (bicyclic) bond motifs is 3. The molecule has 28 heavy (non-hydrogen) atoms. The van der Waals surface area contributed by atoms with E-state index >= 15 is 0 Å². The highest BCUT2D eigenvalue weighted by molar-refractivity contribution is 6.09. The summed E-state index contributed by atoms with van der Waals surface area (Å²) in [5.41, 5.74) is 5.37. The third-order valence-electron chi connectivity index (χ3n) is 5.27. The molecule has 0 unspecified atom stereocenters. The van der Waals surface area contributed by atoms with Gasteiger partial charge in [-0.25, -0.2) is 5.43 Å². The first-order valence-corrected chi connectivity index (χ1v) is 9.61. The molecule has 3 aliphatic rings. The van der Waals surface area contributed by atoms with Gasteiger partial charge in [0.15, 0.2) is 5.84 Å². The lowest BCUT2D eigenvalue weighted by Crippen LogP contribution is -2.62. The molecular weight excluding hydrogens is 358 g/mol. The molecule has 0 bridgehead atoms. The first-order chi connectivity index (χ1) is 13.4. The SMILES string of the molecule is CCO/C=C/c1cc2c(cc1NC1(C)CN(C)C1)N1C(=NNC(=O)[C@H]1C)CO2. The van der Waals surface area contributed by atoms with E-state index in [0.29, 0.717) is 19.0 Å².